The quantitative estimate of drug-likeness (QED) is 0.704. The molecule has 2 N–H and O–H groups in total. The zero-order valence-electron chi connectivity index (χ0n) is 13.2. The number of β-amino-alcohol motifs (C(OH)–C–C–N with tert-alkyl or cyclic N) is 1. The summed E-state index contributed by atoms with van der Waals surface area (Å²) in [7, 11) is 0. The Bertz CT molecular complexity index is 426. The van der Waals surface area contributed by atoms with Crippen LogP contribution in [0.5, 0.6) is 0 Å². The summed E-state index contributed by atoms with van der Waals surface area (Å²) >= 11 is 0. The van der Waals surface area contributed by atoms with E-state index in [4.69, 9.17) is 5.11 Å². The zero-order valence-corrected chi connectivity index (χ0v) is 13.2. The molecule has 0 spiro atoms. The number of hydrogen-bond donors (Lipinski definition) is 2. The number of Topliss-reactive ketones (excluding diaryl/α,β-unsaturated/α-hetero) is 1. The van der Waals surface area contributed by atoms with Gasteiger partial charge in [0.2, 0.25) is 0 Å². The second kappa shape index (κ2) is 9.02. The van der Waals surface area contributed by atoms with E-state index < -0.39 is 0 Å². The summed E-state index contributed by atoms with van der Waals surface area (Å²) in [6.07, 6.45) is 4.37. The fraction of sp³-hybridized carbons (Fsp3) is 0.750. The average molecular weight is 309 g/mol. The topological polar surface area (TPSA) is 76.4 Å². The van der Waals surface area contributed by atoms with Crippen molar-refractivity contribution >= 4 is 12.0 Å². The fourth-order valence-electron chi connectivity index (χ4n) is 2.89. The van der Waals surface area contributed by atoms with E-state index in [-0.39, 0.29) is 18.1 Å². The van der Waals surface area contributed by atoms with Gasteiger partial charge in [-0.3, -0.25) is 19.6 Å². The van der Waals surface area contributed by atoms with Crippen LogP contribution in [0.1, 0.15) is 25.7 Å². The molecule has 0 amide bonds. The highest BCUT2D eigenvalue weighted by Crippen LogP contribution is 2.18. The lowest BCUT2D eigenvalue weighted by molar-refractivity contribution is -0.115. The molecule has 0 radical (unpaired) electrons. The van der Waals surface area contributed by atoms with Crippen molar-refractivity contribution < 1.29 is 15.0 Å². The van der Waals surface area contributed by atoms with Crippen molar-refractivity contribution in [2.45, 2.75) is 25.7 Å². The molecule has 1 fully saturated rings. The van der Waals surface area contributed by atoms with Gasteiger partial charge in [0.15, 0.2) is 5.78 Å². The summed E-state index contributed by atoms with van der Waals surface area (Å²) in [6, 6.07) is 0. The summed E-state index contributed by atoms with van der Waals surface area (Å²) in [6.45, 7) is 6.42. The first-order valence-corrected chi connectivity index (χ1v) is 8.21. The molecular formula is C16H27N3O3. The Balaban J connectivity index is 1.73. The van der Waals surface area contributed by atoms with Gasteiger partial charge in [0.25, 0.3) is 0 Å². The molecule has 0 unspecified atom stereocenters. The zero-order chi connectivity index (χ0) is 15.8. The first-order valence-electron chi connectivity index (χ1n) is 8.21. The molecule has 0 aromatic heterocycles. The van der Waals surface area contributed by atoms with Crippen LogP contribution < -0.4 is 0 Å². The number of aliphatic imine (C=N–C) groups is 1. The van der Waals surface area contributed by atoms with Crippen molar-refractivity contribution in [3.63, 3.8) is 0 Å². The minimum Gasteiger partial charge on any atom is -0.512 e. The first kappa shape index (κ1) is 17.1. The van der Waals surface area contributed by atoms with Crippen molar-refractivity contribution in [2.75, 3.05) is 52.4 Å². The van der Waals surface area contributed by atoms with Crippen molar-refractivity contribution in [1.29, 1.82) is 0 Å². The van der Waals surface area contributed by atoms with E-state index in [9.17, 15) is 9.90 Å². The number of aliphatic hydroxyl groups is 2. The number of ketones is 1. The van der Waals surface area contributed by atoms with Gasteiger partial charge in [-0.2, -0.15) is 0 Å². The molecule has 0 saturated carbocycles. The highest BCUT2D eigenvalue weighted by atomic mass is 16.3. The van der Waals surface area contributed by atoms with Crippen LogP contribution in [0.2, 0.25) is 0 Å². The van der Waals surface area contributed by atoms with Gasteiger partial charge in [-0.05, 0) is 12.8 Å². The Labute approximate surface area is 132 Å². The average Bonchev–Trinajstić information content (AvgIpc) is 2.67. The fourth-order valence-corrected chi connectivity index (χ4v) is 2.89. The Morgan fingerprint density at radius 3 is 2.36 bits per heavy atom. The summed E-state index contributed by atoms with van der Waals surface area (Å²) in [5, 5.41) is 18.8. The second-order valence-corrected chi connectivity index (χ2v) is 5.93. The van der Waals surface area contributed by atoms with Crippen molar-refractivity contribution in [1.82, 2.24) is 9.80 Å². The summed E-state index contributed by atoms with van der Waals surface area (Å²) in [5.41, 5.74) is 0.408. The van der Waals surface area contributed by atoms with Crippen molar-refractivity contribution in [3.05, 3.63) is 11.3 Å². The molecule has 22 heavy (non-hydrogen) atoms. The van der Waals surface area contributed by atoms with Gasteiger partial charge < -0.3 is 10.2 Å². The predicted molar refractivity (Wildman–Crippen MR) is 86.5 cm³/mol. The lowest BCUT2D eigenvalue weighted by Gasteiger charge is -2.33. The Kier molecular flexibility index (Phi) is 7.02. The molecule has 2 aliphatic rings. The minimum atomic E-state index is 0.0105. The van der Waals surface area contributed by atoms with E-state index in [0.717, 1.165) is 52.1 Å². The van der Waals surface area contributed by atoms with Gasteiger partial charge in [0, 0.05) is 58.3 Å². The van der Waals surface area contributed by atoms with E-state index in [1.165, 1.54) is 0 Å². The van der Waals surface area contributed by atoms with Crippen LogP contribution in [-0.4, -0.2) is 84.4 Å². The van der Waals surface area contributed by atoms with Crippen LogP contribution >= 0.6 is 0 Å². The Morgan fingerprint density at radius 2 is 1.68 bits per heavy atom. The largest absolute Gasteiger partial charge is 0.512 e. The number of allylic oxidation sites excluding steroid dienone is 2. The normalized spacial score (nSPS) is 22.5. The number of piperazine rings is 1. The van der Waals surface area contributed by atoms with E-state index in [2.05, 4.69) is 14.8 Å². The molecule has 6 nitrogen and oxygen atoms in total. The highest BCUT2D eigenvalue weighted by molar-refractivity contribution is 6.13. The van der Waals surface area contributed by atoms with E-state index in [1.807, 2.05) is 0 Å². The lowest BCUT2D eigenvalue weighted by atomic mass is 10.1. The van der Waals surface area contributed by atoms with Gasteiger partial charge in [0.05, 0.1) is 18.7 Å². The Morgan fingerprint density at radius 1 is 1.05 bits per heavy atom. The monoisotopic (exact) mass is 309 g/mol. The smallest absolute Gasteiger partial charge is 0.167 e. The summed E-state index contributed by atoms with van der Waals surface area (Å²) in [4.78, 5) is 20.8. The molecule has 124 valence electrons. The van der Waals surface area contributed by atoms with Gasteiger partial charge in [-0.15, -0.1) is 0 Å². The number of hydrogen-bond acceptors (Lipinski definition) is 6. The number of carbonyl (C=O) groups is 1. The number of nitrogens with zero attached hydrogens (tertiary/aromatic N) is 3. The van der Waals surface area contributed by atoms with Crippen LogP contribution in [0.25, 0.3) is 0 Å². The number of rotatable bonds is 6. The van der Waals surface area contributed by atoms with Crippen molar-refractivity contribution in [3.8, 4) is 0 Å². The molecule has 0 aromatic carbocycles. The SMILES string of the molecule is O=C1CCCCC(O)=C1C=NCCN1CCN(CCO)CC1. The lowest BCUT2D eigenvalue weighted by Crippen LogP contribution is -2.47. The number of aliphatic hydroxyl groups excluding tert-OH is 2. The van der Waals surface area contributed by atoms with Crippen LogP contribution in [0.4, 0.5) is 0 Å². The minimum absolute atomic E-state index is 0.0105. The summed E-state index contributed by atoms with van der Waals surface area (Å²) in [5.74, 6) is 0.209. The van der Waals surface area contributed by atoms with Crippen molar-refractivity contribution in [2.24, 2.45) is 4.99 Å². The molecule has 6 heteroatoms. The molecule has 1 aliphatic heterocycles. The second-order valence-electron chi connectivity index (χ2n) is 5.93. The summed E-state index contributed by atoms with van der Waals surface area (Å²) < 4.78 is 0. The van der Waals surface area contributed by atoms with Gasteiger partial charge >= 0.3 is 0 Å². The van der Waals surface area contributed by atoms with E-state index in [1.54, 1.807) is 6.21 Å². The maximum absolute atomic E-state index is 11.9. The predicted octanol–water partition coefficient (Wildman–Crippen LogP) is 0.622. The third-order valence-electron chi connectivity index (χ3n) is 4.33. The molecule has 1 saturated heterocycles. The number of carbonyl (C=O) groups excluding carboxylic acids is 1. The van der Waals surface area contributed by atoms with Gasteiger partial charge in [-0.1, -0.05) is 0 Å². The molecule has 0 atom stereocenters. The highest BCUT2D eigenvalue weighted by Gasteiger charge is 2.17. The van der Waals surface area contributed by atoms with Crippen LogP contribution in [0, 0.1) is 0 Å². The van der Waals surface area contributed by atoms with E-state index in [0.29, 0.717) is 25.0 Å². The first-order chi connectivity index (χ1) is 10.7. The van der Waals surface area contributed by atoms with Crippen LogP contribution in [-0.2, 0) is 4.79 Å². The third kappa shape index (κ3) is 5.19. The Hall–Kier alpha value is -1.24. The van der Waals surface area contributed by atoms with Gasteiger partial charge in [0.1, 0.15) is 5.76 Å². The maximum Gasteiger partial charge on any atom is 0.167 e. The molecule has 1 aliphatic carbocycles. The van der Waals surface area contributed by atoms with Crippen LogP contribution in [0.15, 0.2) is 16.3 Å². The van der Waals surface area contributed by atoms with Gasteiger partial charge in [-0.25, -0.2) is 0 Å². The van der Waals surface area contributed by atoms with E-state index >= 15 is 0 Å². The third-order valence-corrected chi connectivity index (χ3v) is 4.33. The maximum atomic E-state index is 11.9. The molecular weight excluding hydrogens is 282 g/mol. The molecule has 0 aromatic rings. The molecule has 1 heterocycles. The van der Waals surface area contributed by atoms with Crippen LogP contribution in [0.3, 0.4) is 0 Å². The molecule has 2 rings (SSSR count). The molecule has 0 bridgehead atoms. The standard InChI is InChI=1S/C16H27N3O3/c20-12-11-19-9-7-18(8-10-19)6-5-17-13-14-15(21)3-1-2-4-16(14)22/h13,20-21H,1-12H2.